The minimum absolute atomic E-state index is 0.406. The lowest BCUT2D eigenvalue weighted by atomic mass is 10.7. The van der Waals surface area contributed by atoms with Crippen LogP contribution in [0.5, 0.6) is 0 Å². The summed E-state index contributed by atoms with van der Waals surface area (Å²) in [5, 5.41) is 1.96. The molecule has 0 N–H and O–H groups in total. The maximum atomic E-state index is 12.4. The monoisotopic (exact) mass is 246 g/mol. The van der Waals surface area contributed by atoms with Gasteiger partial charge in [-0.1, -0.05) is 6.07 Å². The summed E-state index contributed by atoms with van der Waals surface area (Å²) in [6.07, 6.45) is 2.70. The number of hydrogen-bond donors (Lipinski definition) is 0. The highest BCUT2D eigenvalue weighted by Crippen LogP contribution is 2.27. The Bertz CT molecular complexity index is 411. The molecule has 0 amide bonds. The van der Waals surface area contributed by atoms with Crippen molar-refractivity contribution in [2.45, 2.75) is 16.5 Å². The number of hydrogen-bond acceptors (Lipinski definition) is 3. The van der Waals surface area contributed by atoms with Crippen LogP contribution >= 0.6 is 23.1 Å². The fourth-order valence-electron chi connectivity index (χ4n) is 1.11. The van der Waals surface area contributed by atoms with Crippen molar-refractivity contribution in [3.8, 4) is 0 Å². The average Bonchev–Trinajstić information content (AvgIpc) is 2.86. The minimum atomic E-state index is -2.51. The van der Waals surface area contributed by atoms with E-state index in [-0.39, 0.29) is 0 Å². The number of rotatable bonds is 4. The molecule has 0 aliphatic heterocycles. The first-order chi connectivity index (χ1) is 7.27. The summed E-state index contributed by atoms with van der Waals surface area (Å²) in [5.41, 5.74) is 0. The van der Waals surface area contributed by atoms with Crippen molar-refractivity contribution in [2.24, 2.45) is 0 Å². The molecule has 0 spiro atoms. The maximum Gasteiger partial charge on any atom is 0.319 e. The van der Waals surface area contributed by atoms with Crippen molar-refractivity contribution in [2.75, 3.05) is 0 Å². The Kier molecular flexibility index (Phi) is 3.37. The highest BCUT2D eigenvalue weighted by molar-refractivity contribution is 8.00. The van der Waals surface area contributed by atoms with Crippen molar-refractivity contribution < 1.29 is 8.78 Å². The number of thiophene rings is 1. The molecule has 0 atom stereocenters. The molecule has 0 radical (unpaired) electrons. The zero-order chi connectivity index (χ0) is 10.7. The number of imidazole rings is 1. The van der Waals surface area contributed by atoms with Crippen LogP contribution in [0.1, 0.15) is 12.4 Å². The number of halogens is 2. The molecule has 6 heteroatoms. The molecule has 2 nitrogen and oxygen atoms in total. The summed E-state index contributed by atoms with van der Waals surface area (Å²) in [7, 11) is 0. The van der Waals surface area contributed by atoms with Crippen molar-refractivity contribution in [1.82, 2.24) is 9.55 Å². The molecule has 0 unspecified atom stereocenters. The molecule has 2 aromatic rings. The van der Waals surface area contributed by atoms with Gasteiger partial charge in [0, 0.05) is 12.4 Å². The molecule has 0 fully saturated rings. The van der Waals surface area contributed by atoms with E-state index in [0.29, 0.717) is 11.6 Å². The van der Waals surface area contributed by atoms with E-state index in [1.54, 1.807) is 11.3 Å². The zero-order valence-corrected chi connectivity index (χ0v) is 9.27. The molecule has 2 aromatic heterocycles. The van der Waals surface area contributed by atoms with E-state index >= 15 is 0 Å². The summed E-state index contributed by atoms with van der Waals surface area (Å²) < 4.78 is 26.9. The second-order valence-corrected chi connectivity index (χ2v) is 4.97. The van der Waals surface area contributed by atoms with Gasteiger partial charge in [0.1, 0.15) is 5.82 Å². The molecule has 0 aliphatic carbocycles. The Morgan fingerprint density at radius 3 is 3.07 bits per heavy atom. The Morgan fingerprint density at radius 2 is 2.40 bits per heavy atom. The molecule has 0 saturated heterocycles. The van der Waals surface area contributed by atoms with Gasteiger partial charge in [0.05, 0.1) is 9.96 Å². The van der Waals surface area contributed by atoms with E-state index in [1.807, 2.05) is 17.5 Å². The third-order valence-electron chi connectivity index (χ3n) is 1.80. The van der Waals surface area contributed by atoms with Gasteiger partial charge in [-0.05, 0) is 11.4 Å². The van der Waals surface area contributed by atoms with Gasteiger partial charge in [0.25, 0.3) is 0 Å². The quantitative estimate of drug-likeness (QED) is 0.767. The number of alkyl halides is 2. The van der Waals surface area contributed by atoms with Gasteiger partial charge >= 0.3 is 6.55 Å². The van der Waals surface area contributed by atoms with Crippen LogP contribution in [0.15, 0.2) is 34.1 Å². The lowest BCUT2D eigenvalue weighted by Gasteiger charge is -2.04. The van der Waals surface area contributed by atoms with E-state index in [2.05, 4.69) is 4.98 Å². The second-order valence-electron chi connectivity index (χ2n) is 2.75. The lowest BCUT2D eigenvalue weighted by molar-refractivity contribution is 0.0678. The number of nitrogens with zero attached hydrogens (tertiary/aromatic N) is 2. The Labute approximate surface area is 94.0 Å². The van der Waals surface area contributed by atoms with Crippen LogP contribution in [0.3, 0.4) is 0 Å². The topological polar surface area (TPSA) is 17.8 Å². The van der Waals surface area contributed by atoms with Gasteiger partial charge < -0.3 is 0 Å². The molecule has 80 valence electrons. The van der Waals surface area contributed by atoms with Gasteiger partial charge in [-0.2, -0.15) is 8.78 Å². The molecule has 0 aromatic carbocycles. The van der Waals surface area contributed by atoms with E-state index in [0.717, 1.165) is 8.78 Å². The fraction of sp³-hybridized carbons (Fsp3) is 0.222. The second kappa shape index (κ2) is 4.76. The first-order valence-corrected chi connectivity index (χ1v) is 6.10. The average molecular weight is 246 g/mol. The predicted octanol–water partition coefficient (Wildman–Crippen LogP) is 3.63. The van der Waals surface area contributed by atoms with Crippen LogP contribution in [0.2, 0.25) is 0 Å². The number of thioether (sulfide) groups is 1. The highest BCUT2D eigenvalue weighted by Gasteiger charge is 2.11. The molecule has 15 heavy (non-hydrogen) atoms. The summed E-state index contributed by atoms with van der Waals surface area (Å²) in [6, 6.07) is 3.90. The van der Waals surface area contributed by atoms with Gasteiger partial charge in [-0.3, -0.25) is 4.57 Å². The van der Waals surface area contributed by atoms with Crippen molar-refractivity contribution in [1.29, 1.82) is 0 Å². The van der Waals surface area contributed by atoms with E-state index in [9.17, 15) is 8.78 Å². The molecule has 0 aliphatic rings. The lowest BCUT2D eigenvalue weighted by Crippen LogP contribution is -2.01. The standard InChI is InChI=1S/C9H8F2N2S2/c10-9(11)13-4-3-12-7(13)6-15-8-2-1-5-14-8/h1-5,9H,6H2. The van der Waals surface area contributed by atoms with Crippen LogP contribution < -0.4 is 0 Å². The number of aromatic nitrogens is 2. The van der Waals surface area contributed by atoms with Gasteiger partial charge in [0.2, 0.25) is 0 Å². The summed E-state index contributed by atoms with van der Waals surface area (Å²) in [6.45, 7) is -2.51. The SMILES string of the molecule is FC(F)n1ccnc1CSc1cccs1. The first-order valence-electron chi connectivity index (χ1n) is 4.23. The largest absolute Gasteiger partial charge is 0.319 e. The third-order valence-corrected chi connectivity index (χ3v) is 3.92. The molecule has 2 rings (SSSR count). The highest BCUT2D eigenvalue weighted by atomic mass is 32.2. The smallest absolute Gasteiger partial charge is 0.277 e. The van der Waals surface area contributed by atoms with Crippen LogP contribution in [0.4, 0.5) is 8.78 Å². The normalized spacial score (nSPS) is 11.1. The third kappa shape index (κ3) is 2.57. The first kappa shape index (κ1) is 10.6. The minimum Gasteiger partial charge on any atom is -0.277 e. The van der Waals surface area contributed by atoms with Crippen LogP contribution in [-0.4, -0.2) is 9.55 Å². The van der Waals surface area contributed by atoms with Crippen LogP contribution in [0, 0.1) is 0 Å². The molecule has 2 heterocycles. The van der Waals surface area contributed by atoms with Gasteiger partial charge in [0.15, 0.2) is 0 Å². The fourth-order valence-corrected chi connectivity index (χ4v) is 2.85. The zero-order valence-electron chi connectivity index (χ0n) is 7.64. The molecule has 0 saturated carbocycles. The Balaban J connectivity index is 2.02. The van der Waals surface area contributed by atoms with Crippen molar-refractivity contribution in [3.63, 3.8) is 0 Å². The van der Waals surface area contributed by atoms with Gasteiger partial charge in [-0.15, -0.1) is 23.1 Å². The summed E-state index contributed by atoms with van der Waals surface area (Å²) in [4.78, 5) is 3.90. The van der Waals surface area contributed by atoms with E-state index < -0.39 is 6.55 Å². The molecule has 0 bridgehead atoms. The molecular formula is C9H8F2N2S2. The Hall–Kier alpha value is -0.880. The maximum absolute atomic E-state index is 12.4. The van der Waals surface area contributed by atoms with Crippen molar-refractivity contribution in [3.05, 3.63) is 35.7 Å². The van der Waals surface area contributed by atoms with E-state index in [1.165, 1.54) is 24.2 Å². The van der Waals surface area contributed by atoms with Crippen molar-refractivity contribution >= 4 is 23.1 Å². The predicted molar refractivity (Wildman–Crippen MR) is 57.4 cm³/mol. The van der Waals surface area contributed by atoms with E-state index in [4.69, 9.17) is 0 Å². The summed E-state index contributed by atoms with van der Waals surface area (Å²) >= 11 is 3.12. The van der Waals surface area contributed by atoms with Crippen LogP contribution in [0.25, 0.3) is 0 Å². The Morgan fingerprint density at radius 1 is 1.53 bits per heavy atom. The van der Waals surface area contributed by atoms with Gasteiger partial charge in [-0.25, -0.2) is 4.98 Å². The summed E-state index contributed by atoms with van der Waals surface area (Å²) in [5.74, 6) is 0.876. The molecular weight excluding hydrogens is 238 g/mol. The van der Waals surface area contributed by atoms with Crippen LogP contribution in [-0.2, 0) is 5.75 Å².